The molecule has 0 bridgehead atoms. The highest BCUT2D eigenvalue weighted by Crippen LogP contribution is 2.41. The lowest BCUT2D eigenvalue weighted by Crippen LogP contribution is -2.00. The standard InChI is InChI=1S/C46H33N3/c1-30(48-46-41-20-8-6-17-38(41)37-16-5-7-19-40(37)45(46)47)34-14-11-15-36(28-34)49-43-21-10-9-18-39(43)42-29-35(26-27-44(42)49)33-24-22-32(23-25-33)31-12-3-2-4-13-31/h2-29H,47H2,1H3. The van der Waals surface area contributed by atoms with E-state index in [1.807, 2.05) is 6.07 Å². The Morgan fingerprint density at radius 2 is 1.00 bits per heavy atom. The van der Waals surface area contributed by atoms with Gasteiger partial charge in [-0.15, -0.1) is 0 Å². The fraction of sp³-hybridized carbons (Fsp3) is 0.0217. The highest BCUT2D eigenvalue weighted by atomic mass is 15.0. The van der Waals surface area contributed by atoms with Gasteiger partial charge in [0, 0.05) is 32.9 Å². The predicted molar refractivity (Wildman–Crippen MR) is 209 cm³/mol. The van der Waals surface area contributed by atoms with Crippen LogP contribution in [0.25, 0.3) is 71.3 Å². The van der Waals surface area contributed by atoms with Crippen LogP contribution in [-0.4, -0.2) is 10.3 Å². The van der Waals surface area contributed by atoms with Crippen molar-refractivity contribution in [3.05, 3.63) is 175 Å². The summed E-state index contributed by atoms with van der Waals surface area (Å²) in [5, 5.41) is 6.84. The number of nitrogens with two attached hydrogens (primary N) is 1. The zero-order valence-corrected chi connectivity index (χ0v) is 27.1. The van der Waals surface area contributed by atoms with E-state index < -0.39 is 0 Å². The highest BCUT2D eigenvalue weighted by molar-refractivity contribution is 6.20. The van der Waals surface area contributed by atoms with Gasteiger partial charge in [0.1, 0.15) is 0 Å². The SMILES string of the molecule is CC(=Nc1c(N)c2ccccc2c2ccccc12)c1cccc(-n2c3ccccc3c3cc(-c4ccc(-c5ccccc5)cc4)ccc32)c1. The number of benzene rings is 8. The molecule has 0 amide bonds. The number of aliphatic imine (C=N–C) groups is 1. The van der Waals surface area contributed by atoms with Gasteiger partial charge in [0.25, 0.3) is 0 Å². The molecule has 0 atom stereocenters. The molecular formula is C46H33N3. The van der Waals surface area contributed by atoms with Crippen molar-refractivity contribution in [3.8, 4) is 27.9 Å². The lowest BCUT2D eigenvalue weighted by atomic mass is 9.98. The van der Waals surface area contributed by atoms with Crippen LogP contribution in [0.3, 0.4) is 0 Å². The van der Waals surface area contributed by atoms with E-state index in [2.05, 4.69) is 175 Å². The Labute approximate surface area is 285 Å². The third kappa shape index (κ3) is 4.87. The van der Waals surface area contributed by atoms with Crippen LogP contribution in [-0.2, 0) is 0 Å². The number of nitrogens with zero attached hydrogens (tertiary/aromatic N) is 2. The van der Waals surface area contributed by atoms with Gasteiger partial charge in [-0.3, -0.25) is 4.99 Å². The van der Waals surface area contributed by atoms with Crippen LogP contribution in [0.15, 0.2) is 175 Å². The maximum atomic E-state index is 6.82. The van der Waals surface area contributed by atoms with Gasteiger partial charge in [-0.05, 0) is 75.8 Å². The first-order valence-corrected chi connectivity index (χ1v) is 16.7. The molecule has 49 heavy (non-hydrogen) atoms. The van der Waals surface area contributed by atoms with Crippen LogP contribution in [0.4, 0.5) is 11.4 Å². The van der Waals surface area contributed by atoms with Crippen LogP contribution in [0.5, 0.6) is 0 Å². The van der Waals surface area contributed by atoms with Gasteiger partial charge in [-0.2, -0.15) is 0 Å². The average molecular weight is 628 g/mol. The minimum atomic E-state index is 0.706. The number of rotatable bonds is 5. The highest BCUT2D eigenvalue weighted by Gasteiger charge is 2.15. The molecule has 9 rings (SSSR count). The first kappa shape index (κ1) is 28.7. The minimum Gasteiger partial charge on any atom is -0.396 e. The molecule has 3 nitrogen and oxygen atoms in total. The van der Waals surface area contributed by atoms with Gasteiger partial charge in [-0.25, -0.2) is 0 Å². The molecule has 3 heteroatoms. The summed E-state index contributed by atoms with van der Waals surface area (Å²) in [6.07, 6.45) is 0. The molecule has 0 saturated carbocycles. The van der Waals surface area contributed by atoms with Crippen molar-refractivity contribution in [2.24, 2.45) is 4.99 Å². The summed E-state index contributed by atoms with van der Waals surface area (Å²) in [6, 6.07) is 60.3. The van der Waals surface area contributed by atoms with Crippen LogP contribution in [0.1, 0.15) is 12.5 Å². The number of fused-ring (bicyclic) bond motifs is 6. The van der Waals surface area contributed by atoms with Gasteiger partial charge in [0.2, 0.25) is 0 Å². The fourth-order valence-electron chi connectivity index (χ4n) is 7.29. The first-order valence-electron chi connectivity index (χ1n) is 16.7. The predicted octanol–water partition coefficient (Wildman–Crippen LogP) is 12.1. The van der Waals surface area contributed by atoms with E-state index in [9.17, 15) is 0 Å². The Morgan fingerprint density at radius 3 is 1.76 bits per heavy atom. The van der Waals surface area contributed by atoms with E-state index >= 15 is 0 Å². The van der Waals surface area contributed by atoms with E-state index in [0.717, 1.165) is 44.2 Å². The Kier molecular flexibility index (Phi) is 6.84. The second-order valence-corrected chi connectivity index (χ2v) is 12.6. The van der Waals surface area contributed by atoms with Crippen LogP contribution < -0.4 is 5.73 Å². The summed E-state index contributed by atoms with van der Waals surface area (Å²) in [7, 11) is 0. The third-order valence-corrected chi connectivity index (χ3v) is 9.74. The van der Waals surface area contributed by atoms with Crippen LogP contribution in [0.2, 0.25) is 0 Å². The molecule has 0 aliphatic heterocycles. The van der Waals surface area contributed by atoms with Gasteiger partial charge >= 0.3 is 0 Å². The zero-order valence-electron chi connectivity index (χ0n) is 27.1. The Bertz CT molecular complexity index is 2720. The molecule has 1 heterocycles. The summed E-state index contributed by atoms with van der Waals surface area (Å²) < 4.78 is 2.36. The number of anilines is 1. The van der Waals surface area contributed by atoms with Crippen molar-refractivity contribution in [2.75, 3.05) is 5.73 Å². The molecule has 8 aromatic carbocycles. The van der Waals surface area contributed by atoms with Gasteiger partial charge in [0.05, 0.1) is 22.4 Å². The van der Waals surface area contributed by atoms with Crippen LogP contribution in [0, 0.1) is 0 Å². The topological polar surface area (TPSA) is 43.3 Å². The van der Waals surface area contributed by atoms with Crippen molar-refractivity contribution in [1.82, 2.24) is 4.57 Å². The zero-order chi connectivity index (χ0) is 32.9. The molecule has 232 valence electrons. The Morgan fingerprint density at radius 1 is 0.449 bits per heavy atom. The van der Waals surface area contributed by atoms with E-state index in [0.29, 0.717) is 5.69 Å². The molecule has 0 aliphatic rings. The maximum absolute atomic E-state index is 6.82. The summed E-state index contributed by atoms with van der Waals surface area (Å²) in [6.45, 7) is 2.07. The van der Waals surface area contributed by atoms with E-state index in [1.54, 1.807) is 0 Å². The third-order valence-electron chi connectivity index (χ3n) is 9.74. The molecule has 0 aliphatic carbocycles. The maximum Gasteiger partial charge on any atom is 0.0947 e. The van der Waals surface area contributed by atoms with Crippen LogP contribution >= 0.6 is 0 Å². The molecule has 2 N–H and O–H groups in total. The summed E-state index contributed by atoms with van der Waals surface area (Å²) in [4.78, 5) is 5.21. The monoisotopic (exact) mass is 627 g/mol. The van der Waals surface area contributed by atoms with E-state index in [-0.39, 0.29) is 0 Å². The summed E-state index contributed by atoms with van der Waals surface area (Å²) >= 11 is 0. The normalized spacial score (nSPS) is 12.0. The second kappa shape index (κ2) is 11.7. The van der Waals surface area contributed by atoms with E-state index in [1.165, 1.54) is 44.1 Å². The molecule has 0 radical (unpaired) electrons. The quantitative estimate of drug-likeness (QED) is 0.115. The number of para-hydroxylation sites is 1. The molecular weight excluding hydrogens is 595 g/mol. The van der Waals surface area contributed by atoms with Crippen molar-refractivity contribution in [2.45, 2.75) is 6.92 Å². The van der Waals surface area contributed by atoms with Crippen molar-refractivity contribution < 1.29 is 0 Å². The first-order chi connectivity index (χ1) is 24.1. The van der Waals surface area contributed by atoms with E-state index in [4.69, 9.17) is 10.7 Å². The largest absolute Gasteiger partial charge is 0.396 e. The lowest BCUT2D eigenvalue weighted by Gasteiger charge is -2.13. The van der Waals surface area contributed by atoms with Gasteiger partial charge in [-0.1, -0.05) is 140 Å². The Balaban J connectivity index is 1.14. The Hall–Kier alpha value is -6.45. The van der Waals surface area contributed by atoms with Crippen molar-refractivity contribution in [3.63, 3.8) is 0 Å². The summed E-state index contributed by atoms with van der Waals surface area (Å²) in [5.41, 5.74) is 18.6. The average Bonchev–Trinajstić information content (AvgIpc) is 3.50. The number of aromatic nitrogens is 1. The van der Waals surface area contributed by atoms with Gasteiger partial charge < -0.3 is 10.3 Å². The second-order valence-electron chi connectivity index (χ2n) is 12.6. The molecule has 0 spiro atoms. The number of nitrogen functional groups attached to an aromatic ring is 1. The summed E-state index contributed by atoms with van der Waals surface area (Å²) in [5.74, 6) is 0. The number of hydrogen-bond donors (Lipinski definition) is 1. The van der Waals surface area contributed by atoms with Crippen molar-refractivity contribution >= 4 is 60.4 Å². The van der Waals surface area contributed by atoms with Crippen molar-refractivity contribution in [1.29, 1.82) is 0 Å². The fourth-order valence-corrected chi connectivity index (χ4v) is 7.29. The molecule has 0 unspecified atom stereocenters. The molecule has 0 saturated heterocycles. The number of hydrogen-bond acceptors (Lipinski definition) is 2. The lowest BCUT2D eigenvalue weighted by molar-refractivity contribution is 1.18. The smallest absolute Gasteiger partial charge is 0.0947 e. The molecule has 9 aromatic rings. The van der Waals surface area contributed by atoms with Gasteiger partial charge in [0.15, 0.2) is 0 Å². The molecule has 1 aromatic heterocycles. The molecule has 0 fully saturated rings. The minimum absolute atomic E-state index is 0.706.